The molecule has 0 spiro atoms. The maximum absolute atomic E-state index is 11.7. The van der Waals surface area contributed by atoms with Gasteiger partial charge in [0.1, 0.15) is 0 Å². The van der Waals surface area contributed by atoms with Crippen molar-refractivity contribution in [2.75, 3.05) is 30.5 Å². The van der Waals surface area contributed by atoms with E-state index in [0.717, 1.165) is 37.4 Å². The van der Waals surface area contributed by atoms with E-state index in [-0.39, 0.29) is 5.91 Å². The van der Waals surface area contributed by atoms with Gasteiger partial charge >= 0.3 is 0 Å². The van der Waals surface area contributed by atoms with E-state index in [2.05, 4.69) is 12.2 Å². The highest BCUT2D eigenvalue weighted by Gasteiger charge is 2.21. The van der Waals surface area contributed by atoms with Crippen LogP contribution in [0, 0.1) is 0 Å². The summed E-state index contributed by atoms with van der Waals surface area (Å²) in [5.74, 6) is 0.226. The highest BCUT2D eigenvalue weighted by Crippen LogP contribution is 2.24. The number of rotatable bonds is 6. The molecule has 0 aliphatic carbocycles. The minimum Gasteiger partial charge on any atom is -0.385 e. The van der Waals surface area contributed by atoms with E-state index in [0.29, 0.717) is 12.5 Å². The molecule has 1 aliphatic rings. The summed E-state index contributed by atoms with van der Waals surface area (Å²) < 4.78 is 5.08. The number of hydrogen-bond donors (Lipinski definition) is 1. The third-order valence-corrected chi connectivity index (χ3v) is 3.40. The standard InChI is InChI=1S/C15H22N2O2/c1-12(8-10-19-2)16-13-5-3-6-14(11-13)17-9-4-7-15(17)18/h3,5-6,11-12,16H,4,7-10H2,1-2H3. The Kier molecular flexibility index (Phi) is 4.80. The molecule has 1 unspecified atom stereocenters. The first-order valence-corrected chi connectivity index (χ1v) is 6.86. The van der Waals surface area contributed by atoms with E-state index < -0.39 is 0 Å². The molecule has 1 aliphatic heterocycles. The first-order valence-electron chi connectivity index (χ1n) is 6.86. The summed E-state index contributed by atoms with van der Waals surface area (Å²) in [5, 5.41) is 3.44. The fourth-order valence-electron chi connectivity index (χ4n) is 2.34. The van der Waals surface area contributed by atoms with Gasteiger partial charge in [0.2, 0.25) is 5.91 Å². The van der Waals surface area contributed by atoms with Crippen LogP contribution in [0.1, 0.15) is 26.2 Å². The van der Waals surface area contributed by atoms with Gasteiger partial charge in [-0.15, -0.1) is 0 Å². The van der Waals surface area contributed by atoms with Crippen LogP contribution in [0.15, 0.2) is 24.3 Å². The zero-order chi connectivity index (χ0) is 13.7. The summed E-state index contributed by atoms with van der Waals surface area (Å²) in [7, 11) is 1.71. The van der Waals surface area contributed by atoms with Crippen molar-refractivity contribution in [2.24, 2.45) is 0 Å². The number of carbonyl (C=O) groups is 1. The second-order valence-electron chi connectivity index (χ2n) is 5.03. The molecule has 0 bridgehead atoms. The molecule has 1 fully saturated rings. The second-order valence-corrected chi connectivity index (χ2v) is 5.03. The normalized spacial score (nSPS) is 16.7. The van der Waals surface area contributed by atoms with Crippen LogP contribution in [-0.2, 0) is 9.53 Å². The second kappa shape index (κ2) is 6.57. The van der Waals surface area contributed by atoms with Gasteiger partial charge in [0.15, 0.2) is 0 Å². The van der Waals surface area contributed by atoms with Gasteiger partial charge in [-0.3, -0.25) is 4.79 Å². The Morgan fingerprint density at radius 1 is 1.47 bits per heavy atom. The maximum Gasteiger partial charge on any atom is 0.227 e. The number of hydrogen-bond acceptors (Lipinski definition) is 3. The van der Waals surface area contributed by atoms with Crippen molar-refractivity contribution in [1.29, 1.82) is 0 Å². The average molecular weight is 262 g/mol. The average Bonchev–Trinajstić information content (AvgIpc) is 2.83. The quantitative estimate of drug-likeness (QED) is 0.857. The van der Waals surface area contributed by atoms with Gasteiger partial charge in [0, 0.05) is 44.1 Å². The van der Waals surface area contributed by atoms with Gasteiger partial charge in [0.25, 0.3) is 0 Å². The summed E-state index contributed by atoms with van der Waals surface area (Å²) in [4.78, 5) is 13.6. The number of benzene rings is 1. The maximum atomic E-state index is 11.7. The first kappa shape index (κ1) is 13.9. The molecular weight excluding hydrogens is 240 g/mol. The Morgan fingerprint density at radius 2 is 2.32 bits per heavy atom. The van der Waals surface area contributed by atoms with Crippen molar-refractivity contribution in [3.8, 4) is 0 Å². The summed E-state index contributed by atoms with van der Waals surface area (Å²) >= 11 is 0. The van der Waals surface area contributed by atoms with E-state index in [9.17, 15) is 4.79 Å². The van der Waals surface area contributed by atoms with Crippen molar-refractivity contribution in [1.82, 2.24) is 0 Å². The molecule has 104 valence electrons. The molecule has 0 aromatic heterocycles. The minimum absolute atomic E-state index is 0.226. The smallest absolute Gasteiger partial charge is 0.227 e. The van der Waals surface area contributed by atoms with Crippen molar-refractivity contribution >= 4 is 17.3 Å². The van der Waals surface area contributed by atoms with Crippen LogP contribution >= 0.6 is 0 Å². The van der Waals surface area contributed by atoms with Crippen molar-refractivity contribution in [3.05, 3.63) is 24.3 Å². The molecule has 0 saturated carbocycles. The van der Waals surface area contributed by atoms with Crippen LogP contribution in [0.25, 0.3) is 0 Å². The zero-order valence-corrected chi connectivity index (χ0v) is 11.7. The van der Waals surface area contributed by atoms with E-state index in [1.807, 2.05) is 29.2 Å². The largest absolute Gasteiger partial charge is 0.385 e. The highest BCUT2D eigenvalue weighted by atomic mass is 16.5. The van der Waals surface area contributed by atoms with Crippen LogP contribution in [0.3, 0.4) is 0 Å². The Bertz CT molecular complexity index is 434. The van der Waals surface area contributed by atoms with E-state index >= 15 is 0 Å². The fourth-order valence-corrected chi connectivity index (χ4v) is 2.34. The Balaban J connectivity index is 2.00. The Hall–Kier alpha value is -1.55. The molecule has 4 heteroatoms. The lowest BCUT2D eigenvalue weighted by Gasteiger charge is -2.19. The number of carbonyl (C=O) groups excluding carboxylic acids is 1. The Labute approximate surface area is 114 Å². The molecule has 1 amide bonds. The molecule has 1 aromatic carbocycles. The SMILES string of the molecule is COCCC(C)Nc1cccc(N2CCCC2=O)c1. The number of anilines is 2. The molecule has 1 aromatic rings. The van der Waals surface area contributed by atoms with Crippen LogP contribution < -0.4 is 10.2 Å². The fraction of sp³-hybridized carbons (Fsp3) is 0.533. The van der Waals surface area contributed by atoms with Crippen LogP contribution in [-0.4, -0.2) is 32.2 Å². The van der Waals surface area contributed by atoms with Crippen LogP contribution in [0.5, 0.6) is 0 Å². The predicted molar refractivity (Wildman–Crippen MR) is 77.6 cm³/mol. The monoisotopic (exact) mass is 262 g/mol. The van der Waals surface area contributed by atoms with Gasteiger partial charge in [-0.05, 0) is 38.0 Å². The van der Waals surface area contributed by atoms with Crippen molar-refractivity contribution in [2.45, 2.75) is 32.2 Å². The van der Waals surface area contributed by atoms with Crippen molar-refractivity contribution < 1.29 is 9.53 Å². The summed E-state index contributed by atoms with van der Waals surface area (Å²) in [6.07, 6.45) is 2.59. The van der Waals surface area contributed by atoms with Gasteiger partial charge in [0.05, 0.1) is 0 Å². The van der Waals surface area contributed by atoms with E-state index in [1.54, 1.807) is 7.11 Å². The first-order chi connectivity index (χ1) is 9.20. The Morgan fingerprint density at radius 3 is 3.00 bits per heavy atom. The third-order valence-electron chi connectivity index (χ3n) is 3.40. The molecule has 1 saturated heterocycles. The summed E-state index contributed by atoms with van der Waals surface area (Å²) in [6, 6.07) is 8.42. The van der Waals surface area contributed by atoms with Gasteiger partial charge < -0.3 is 15.0 Å². The van der Waals surface area contributed by atoms with E-state index in [1.165, 1.54) is 0 Å². The zero-order valence-electron chi connectivity index (χ0n) is 11.7. The molecule has 2 rings (SSSR count). The summed E-state index contributed by atoms with van der Waals surface area (Å²) in [5.41, 5.74) is 2.05. The van der Waals surface area contributed by atoms with Crippen LogP contribution in [0.4, 0.5) is 11.4 Å². The van der Waals surface area contributed by atoms with Gasteiger partial charge in [-0.25, -0.2) is 0 Å². The molecule has 1 heterocycles. The minimum atomic E-state index is 0.226. The number of amides is 1. The molecule has 19 heavy (non-hydrogen) atoms. The molecule has 1 atom stereocenters. The van der Waals surface area contributed by atoms with Gasteiger partial charge in [-0.1, -0.05) is 6.07 Å². The van der Waals surface area contributed by atoms with Crippen molar-refractivity contribution in [3.63, 3.8) is 0 Å². The summed E-state index contributed by atoms with van der Waals surface area (Å²) in [6.45, 7) is 3.71. The lowest BCUT2D eigenvalue weighted by molar-refractivity contribution is -0.117. The number of methoxy groups -OCH3 is 1. The number of nitrogens with zero attached hydrogens (tertiary/aromatic N) is 1. The predicted octanol–water partition coefficient (Wildman–Crippen LogP) is 2.65. The molecule has 1 N–H and O–H groups in total. The van der Waals surface area contributed by atoms with Gasteiger partial charge in [-0.2, -0.15) is 0 Å². The lowest BCUT2D eigenvalue weighted by atomic mass is 10.2. The third kappa shape index (κ3) is 3.70. The van der Waals surface area contributed by atoms with Crippen LogP contribution in [0.2, 0.25) is 0 Å². The van der Waals surface area contributed by atoms with E-state index in [4.69, 9.17) is 4.74 Å². The lowest BCUT2D eigenvalue weighted by Crippen LogP contribution is -2.24. The highest BCUT2D eigenvalue weighted by molar-refractivity contribution is 5.95. The molecular formula is C15H22N2O2. The number of nitrogens with one attached hydrogen (secondary N) is 1. The molecule has 4 nitrogen and oxygen atoms in total. The molecule has 0 radical (unpaired) electrons. The number of ether oxygens (including phenoxy) is 1. The topological polar surface area (TPSA) is 41.6 Å².